The molecular formula is C36H38N4O7S. The number of hydrogen-bond acceptors (Lipinski definition) is 7. The molecule has 0 radical (unpaired) electrons. The fraction of sp³-hybridized carbons (Fsp3) is 0.278. The van der Waals surface area contributed by atoms with Crippen molar-refractivity contribution in [1.29, 1.82) is 0 Å². The third-order valence-corrected chi connectivity index (χ3v) is 10.2. The molecule has 0 spiro atoms. The number of methoxy groups -OCH3 is 1. The highest BCUT2D eigenvalue weighted by molar-refractivity contribution is 7.92. The molecule has 1 aliphatic carbocycles. The number of rotatable bonds is 14. The van der Waals surface area contributed by atoms with E-state index in [4.69, 9.17) is 4.74 Å². The SMILES string of the molecule is COc1cccc(CN(C(=O)CN(c2cccc([N+](=O)[O-])c2)S(=O)(=O)c2ccccc2)[C@H](Cc2ccccc2)C(=O)NC2CCCC2)c1. The average Bonchev–Trinajstić information content (AvgIpc) is 3.62. The fourth-order valence-electron chi connectivity index (χ4n) is 5.90. The molecule has 1 atom stereocenters. The summed E-state index contributed by atoms with van der Waals surface area (Å²) in [5, 5.41) is 14.8. The molecule has 0 aromatic heterocycles. The summed E-state index contributed by atoms with van der Waals surface area (Å²) in [6.07, 6.45) is 3.84. The number of nitrogens with zero attached hydrogens (tertiary/aromatic N) is 3. The normalized spacial score (nSPS) is 13.8. The maximum absolute atomic E-state index is 14.6. The first-order valence-corrected chi connectivity index (χ1v) is 17.2. The van der Waals surface area contributed by atoms with Gasteiger partial charge in [0.1, 0.15) is 18.3 Å². The second-order valence-electron chi connectivity index (χ2n) is 11.7. The molecule has 0 heterocycles. The molecule has 5 rings (SSSR count). The molecule has 0 aliphatic heterocycles. The van der Waals surface area contributed by atoms with Gasteiger partial charge >= 0.3 is 0 Å². The molecule has 1 N–H and O–H groups in total. The van der Waals surface area contributed by atoms with Crippen LogP contribution in [-0.2, 0) is 32.6 Å². The van der Waals surface area contributed by atoms with Gasteiger partial charge in [0.05, 0.1) is 22.6 Å². The summed E-state index contributed by atoms with van der Waals surface area (Å²) < 4.78 is 34.5. The molecule has 11 nitrogen and oxygen atoms in total. The number of anilines is 1. The molecule has 1 fully saturated rings. The average molecular weight is 671 g/mol. The zero-order chi connectivity index (χ0) is 34.1. The Kier molecular flexibility index (Phi) is 11.1. The van der Waals surface area contributed by atoms with Crippen LogP contribution in [0.1, 0.15) is 36.8 Å². The molecule has 12 heteroatoms. The van der Waals surface area contributed by atoms with E-state index in [2.05, 4.69) is 5.32 Å². The Morgan fingerprint density at radius 1 is 0.896 bits per heavy atom. The van der Waals surface area contributed by atoms with Crippen molar-refractivity contribution in [2.24, 2.45) is 0 Å². The van der Waals surface area contributed by atoms with Gasteiger partial charge in [-0.25, -0.2) is 8.42 Å². The van der Waals surface area contributed by atoms with E-state index in [9.17, 15) is 28.1 Å². The summed E-state index contributed by atoms with van der Waals surface area (Å²) >= 11 is 0. The van der Waals surface area contributed by atoms with Crippen molar-refractivity contribution < 1.29 is 27.7 Å². The van der Waals surface area contributed by atoms with Crippen molar-refractivity contribution in [3.8, 4) is 5.75 Å². The number of carbonyl (C=O) groups is 2. The Balaban J connectivity index is 1.59. The first-order chi connectivity index (χ1) is 23.2. The number of benzene rings is 4. The maximum atomic E-state index is 14.6. The van der Waals surface area contributed by atoms with Crippen LogP contribution in [0.4, 0.5) is 11.4 Å². The number of amides is 2. The van der Waals surface area contributed by atoms with Gasteiger partial charge in [-0.2, -0.15) is 0 Å². The minimum absolute atomic E-state index is 0.0237. The first-order valence-electron chi connectivity index (χ1n) is 15.7. The third kappa shape index (κ3) is 8.37. The van der Waals surface area contributed by atoms with E-state index in [-0.39, 0.29) is 41.2 Å². The lowest BCUT2D eigenvalue weighted by Crippen LogP contribution is -2.54. The number of non-ortho nitro benzene ring substituents is 1. The van der Waals surface area contributed by atoms with Gasteiger partial charge in [0.15, 0.2) is 0 Å². The topological polar surface area (TPSA) is 139 Å². The van der Waals surface area contributed by atoms with Crippen LogP contribution in [-0.4, -0.2) is 55.8 Å². The van der Waals surface area contributed by atoms with Crippen LogP contribution in [0.15, 0.2) is 114 Å². The lowest BCUT2D eigenvalue weighted by atomic mass is 10.0. The van der Waals surface area contributed by atoms with Crippen LogP contribution in [0.25, 0.3) is 0 Å². The zero-order valence-electron chi connectivity index (χ0n) is 26.6. The largest absolute Gasteiger partial charge is 0.497 e. The summed E-state index contributed by atoms with van der Waals surface area (Å²) in [5.74, 6) is -0.444. The van der Waals surface area contributed by atoms with Gasteiger partial charge in [0.2, 0.25) is 11.8 Å². The Morgan fingerprint density at radius 2 is 1.54 bits per heavy atom. The molecule has 1 saturated carbocycles. The van der Waals surface area contributed by atoms with E-state index in [1.165, 1.54) is 42.3 Å². The zero-order valence-corrected chi connectivity index (χ0v) is 27.4. The molecule has 0 saturated heterocycles. The Bertz CT molecular complexity index is 1830. The van der Waals surface area contributed by atoms with Gasteiger partial charge in [0, 0.05) is 31.1 Å². The molecule has 2 amide bonds. The second-order valence-corrected chi connectivity index (χ2v) is 13.5. The molecule has 48 heavy (non-hydrogen) atoms. The highest BCUT2D eigenvalue weighted by Gasteiger charge is 2.36. The number of carbonyl (C=O) groups excluding carboxylic acids is 2. The van der Waals surface area contributed by atoms with Crippen LogP contribution < -0.4 is 14.4 Å². The van der Waals surface area contributed by atoms with Gasteiger partial charge in [0.25, 0.3) is 15.7 Å². The summed E-state index contributed by atoms with van der Waals surface area (Å²) in [6.45, 7) is -0.746. The minimum Gasteiger partial charge on any atom is -0.497 e. The quantitative estimate of drug-likeness (QED) is 0.138. The molecule has 1 aliphatic rings. The van der Waals surface area contributed by atoms with E-state index in [1.807, 2.05) is 30.3 Å². The smallest absolute Gasteiger partial charge is 0.271 e. The van der Waals surface area contributed by atoms with Crippen molar-refractivity contribution in [1.82, 2.24) is 10.2 Å². The van der Waals surface area contributed by atoms with Gasteiger partial charge in [-0.05, 0) is 54.3 Å². The molecule has 4 aromatic carbocycles. The monoisotopic (exact) mass is 670 g/mol. The van der Waals surface area contributed by atoms with Crippen molar-refractivity contribution in [3.05, 3.63) is 130 Å². The molecule has 0 bridgehead atoms. The predicted molar refractivity (Wildman–Crippen MR) is 182 cm³/mol. The van der Waals surface area contributed by atoms with E-state index in [0.29, 0.717) is 11.3 Å². The predicted octanol–water partition coefficient (Wildman–Crippen LogP) is 5.50. The van der Waals surface area contributed by atoms with E-state index < -0.39 is 33.4 Å². The van der Waals surface area contributed by atoms with Crippen LogP contribution in [0.5, 0.6) is 5.75 Å². The molecule has 250 valence electrons. The highest BCUT2D eigenvalue weighted by atomic mass is 32.2. The Morgan fingerprint density at radius 3 is 2.21 bits per heavy atom. The number of hydrogen-bond donors (Lipinski definition) is 1. The van der Waals surface area contributed by atoms with Gasteiger partial charge in [-0.3, -0.25) is 24.0 Å². The lowest BCUT2D eigenvalue weighted by molar-refractivity contribution is -0.384. The number of nitro groups is 1. The lowest BCUT2D eigenvalue weighted by Gasteiger charge is -2.34. The number of ether oxygens (including phenoxy) is 1. The minimum atomic E-state index is -4.39. The number of sulfonamides is 1. The summed E-state index contributed by atoms with van der Waals surface area (Å²) in [6, 6.07) is 28.1. The first kappa shape index (κ1) is 34.1. The molecular weight excluding hydrogens is 632 g/mol. The van der Waals surface area contributed by atoms with Crippen molar-refractivity contribution in [2.45, 2.75) is 55.6 Å². The van der Waals surface area contributed by atoms with E-state index in [1.54, 1.807) is 42.5 Å². The summed E-state index contributed by atoms with van der Waals surface area (Å²) in [7, 11) is -2.86. The number of nitro benzene ring substituents is 1. The van der Waals surface area contributed by atoms with Crippen molar-refractivity contribution in [2.75, 3.05) is 18.0 Å². The van der Waals surface area contributed by atoms with Gasteiger partial charge in [-0.1, -0.05) is 79.6 Å². The van der Waals surface area contributed by atoms with Crippen LogP contribution >= 0.6 is 0 Å². The maximum Gasteiger partial charge on any atom is 0.271 e. The van der Waals surface area contributed by atoms with Gasteiger partial charge < -0.3 is 15.0 Å². The highest BCUT2D eigenvalue weighted by Crippen LogP contribution is 2.28. The van der Waals surface area contributed by atoms with E-state index >= 15 is 0 Å². The van der Waals surface area contributed by atoms with Crippen LogP contribution in [0.2, 0.25) is 0 Å². The number of nitrogens with one attached hydrogen (secondary N) is 1. The van der Waals surface area contributed by atoms with Gasteiger partial charge in [-0.15, -0.1) is 0 Å². The van der Waals surface area contributed by atoms with Crippen molar-refractivity contribution >= 4 is 33.2 Å². The summed E-state index contributed by atoms with van der Waals surface area (Å²) in [5.41, 5.74) is 1.10. The van der Waals surface area contributed by atoms with Crippen LogP contribution in [0, 0.1) is 10.1 Å². The third-order valence-electron chi connectivity index (χ3n) is 8.40. The Hall–Kier alpha value is -5.23. The standard InChI is InChI=1S/C36H38N4O7S/c1-47-32-19-10-14-28(22-32)25-38(34(23-27-12-4-2-5-13-27)36(42)37-29-15-8-9-16-29)35(41)26-39(30-17-11-18-31(24-30)40(43)44)48(45,46)33-20-6-3-7-21-33/h2-7,10-14,17-22,24,29,34H,8-9,15-16,23,25-26H2,1H3,(H,37,42)/t34-/m1/s1. The van der Waals surface area contributed by atoms with Crippen LogP contribution in [0.3, 0.4) is 0 Å². The Labute approximate surface area is 280 Å². The van der Waals surface area contributed by atoms with Crippen molar-refractivity contribution in [3.63, 3.8) is 0 Å². The molecule has 0 unspecified atom stereocenters. The molecule has 4 aromatic rings. The second kappa shape index (κ2) is 15.6. The van der Waals surface area contributed by atoms with E-state index in [0.717, 1.165) is 41.6 Å². The fourth-order valence-corrected chi connectivity index (χ4v) is 7.33. The summed E-state index contributed by atoms with van der Waals surface area (Å²) in [4.78, 5) is 41.1.